The topological polar surface area (TPSA) is 168 Å². The van der Waals surface area contributed by atoms with Crippen molar-refractivity contribution in [3.8, 4) is 0 Å². The van der Waals surface area contributed by atoms with Crippen LogP contribution in [-0.4, -0.2) is 114 Å². The lowest BCUT2D eigenvalue weighted by Gasteiger charge is -2.43. The number of benzene rings is 1. The minimum absolute atomic E-state index is 0.00678. The van der Waals surface area contributed by atoms with Gasteiger partial charge in [0.15, 0.2) is 23.3 Å². The van der Waals surface area contributed by atoms with Crippen LogP contribution in [0.5, 0.6) is 0 Å². The van der Waals surface area contributed by atoms with Crippen molar-refractivity contribution in [1.29, 1.82) is 0 Å². The minimum atomic E-state index is -2.22. The molecule has 0 aromatic heterocycles. The van der Waals surface area contributed by atoms with E-state index < -0.39 is 118 Å². The summed E-state index contributed by atoms with van der Waals surface area (Å²) in [6.07, 6.45) is -5.73. The van der Waals surface area contributed by atoms with Crippen molar-refractivity contribution < 1.29 is 62.2 Å². The van der Waals surface area contributed by atoms with Gasteiger partial charge in [-0.1, -0.05) is 20.8 Å². The molecule has 0 radical (unpaired) electrons. The number of esters is 1. The predicted octanol–water partition coefficient (Wildman–Crippen LogP) is 2.14. The molecular weight excluding hydrogens is 632 g/mol. The summed E-state index contributed by atoms with van der Waals surface area (Å²) in [6.45, 7) is 10.1. The van der Waals surface area contributed by atoms with Crippen LogP contribution in [0.1, 0.15) is 88.4 Å². The second-order valence-electron chi connectivity index (χ2n) is 13.6. The summed E-state index contributed by atoms with van der Waals surface area (Å²) in [5.41, 5.74) is -6.20. The largest absolute Gasteiger partial charge is 0.459 e. The Bertz CT molecular complexity index is 1310. The van der Waals surface area contributed by atoms with Gasteiger partial charge in [-0.15, -0.1) is 0 Å². The van der Waals surface area contributed by atoms with E-state index in [0.29, 0.717) is 4.90 Å². The number of fused-ring (bicyclic) bond motifs is 1. The van der Waals surface area contributed by atoms with Gasteiger partial charge in [-0.05, 0) is 52.9 Å². The zero-order valence-electron chi connectivity index (χ0n) is 27.6. The highest BCUT2D eigenvalue weighted by atomic mass is 19.2. The van der Waals surface area contributed by atoms with Gasteiger partial charge >= 0.3 is 5.97 Å². The third-order valence-corrected chi connectivity index (χ3v) is 9.79. The van der Waals surface area contributed by atoms with Crippen LogP contribution in [0, 0.1) is 41.0 Å². The minimum Gasteiger partial charge on any atom is -0.459 e. The smallest absolute Gasteiger partial charge is 0.311 e. The van der Waals surface area contributed by atoms with E-state index in [1.165, 1.54) is 27.7 Å². The predicted molar refractivity (Wildman–Crippen MR) is 159 cm³/mol. The van der Waals surface area contributed by atoms with Crippen LogP contribution in [0.4, 0.5) is 17.6 Å². The molecule has 266 valence electrons. The molecule has 15 heteroatoms. The van der Waals surface area contributed by atoms with Gasteiger partial charge in [0.2, 0.25) is 0 Å². The monoisotopic (exact) mass is 678 g/mol. The van der Waals surface area contributed by atoms with Gasteiger partial charge in [0.25, 0.3) is 11.8 Å². The van der Waals surface area contributed by atoms with Crippen molar-refractivity contribution in [3.05, 3.63) is 34.4 Å². The molecule has 0 spiro atoms. The van der Waals surface area contributed by atoms with Crippen LogP contribution >= 0.6 is 0 Å². The first-order valence-electron chi connectivity index (χ1n) is 15.8. The number of aliphatic hydroxyl groups excluding tert-OH is 3. The molecule has 2 heterocycles. The van der Waals surface area contributed by atoms with Gasteiger partial charge in [0.05, 0.1) is 34.9 Å². The number of hydrogen-bond acceptors (Lipinski definition) is 10. The first-order valence-corrected chi connectivity index (χ1v) is 15.8. The Kier molecular flexibility index (Phi) is 11.9. The molecule has 1 aromatic rings. The summed E-state index contributed by atoms with van der Waals surface area (Å²) >= 11 is 0. The number of carbonyl (C=O) groups excluding carboxylic acids is 3. The number of aliphatic hydroxyl groups is 5. The van der Waals surface area contributed by atoms with Gasteiger partial charge < -0.3 is 30.3 Å². The number of carbonyl (C=O) groups is 3. The van der Waals surface area contributed by atoms with Crippen molar-refractivity contribution in [2.75, 3.05) is 19.6 Å². The lowest BCUT2D eigenvalue weighted by Crippen LogP contribution is -2.59. The van der Waals surface area contributed by atoms with Gasteiger partial charge in [0, 0.05) is 31.6 Å². The van der Waals surface area contributed by atoms with Crippen LogP contribution in [0.3, 0.4) is 0 Å². The molecule has 2 aliphatic heterocycles. The average Bonchev–Trinajstić information content (AvgIpc) is 3.26. The van der Waals surface area contributed by atoms with E-state index in [1.54, 1.807) is 25.7 Å². The van der Waals surface area contributed by atoms with Gasteiger partial charge in [-0.25, -0.2) is 17.6 Å². The molecule has 0 bridgehead atoms. The van der Waals surface area contributed by atoms with Crippen molar-refractivity contribution in [2.24, 2.45) is 17.8 Å². The molecule has 11 nitrogen and oxygen atoms in total. The molecule has 0 unspecified atom stereocenters. The summed E-state index contributed by atoms with van der Waals surface area (Å²) in [7, 11) is 0. The number of amides is 2. The first kappa shape index (κ1) is 38.8. The molecule has 1 saturated heterocycles. The van der Waals surface area contributed by atoms with Crippen LogP contribution in [0.25, 0.3) is 0 Å². The van der Waals surface area contributed by atoms with Gasteiger partial charge in [-0.3, -0.25) is 24.2 Å². The number of halogens is 4. The van der Waals surface area contributed by atoms with Gasteiger partial charge in [-0.2, -0.15) is 0 Å². The number of cyclic esters (lactones) is 1. The molecule has 1 fully saturated rings. The van der Waals surface area contributed by atoms with Crippen LogP contribution in [0.2, 0.25) is 0 Å². The molecule has 0 aliphatic carbocycles. The fourth-order valence-corrected chi connectivity index (χ4v) is 6.87. The fraction of sp³-hybridized carbons (Fsp3) is 0.719. The SMILES string of the molecule is CC[C@H]1OC(=O)[C@H](C)[C@@H](O)[C@H](C)[C@@H](O)[C@](C)(O)C[C@@H](C)CN(CCCN2C(=O)c3c(F)c(F)c(F)c(F)c3C2=O)[C@H](C)[C@@H](O)[C@]1(C)O. The van der Waals surface area contributed by atoms with Crippen LogP contribution in [-0.2, 0) is 9.53 Å². The first-order chi connectivity index (χ1) is 21.6. The maximum atomic E-state index is 14.4. The third kappa shape index (κ3) is 7.35. The second-order valence-corrected chi connectivity index (χ2v) is 13.6. The summed E-state index contributed by atoms with van der Waals surface area (Å²) in [5.74, 6) is -14.5. The van der Waals surface area contributed by atoms with E-state index in [2.05, 4.69) is 0 Å². The van der Waals surface area contributed by atoms with Crippen LogP contribution in [0.15, 0.2) is 0 Å². The molecule has 10 atom stereocenters. The lowest BCUT2D eigenvalue weighted by atomic mass is 9.78. The highest BCUT2D eigenvalue weighted by molar-refractivity contribution is 6.21. The summed E-state index contributed by atoms with van der Waals surface area (Å²) in [4.78, 5) is 40.8. The Hall–Kier alpha value is -2.69. The van der Waals surface area contributed by atoms with Crippen molar-refractivity contribution in [3.63, 3.8) is 0 Å². The Morgan fingerprint density at radius 3 is 1.83 bits per heavy atom. The highest BCUT2D eigenvalue weighted by Gasteiger charge is 2.48. The quantitative estimate of drug-likeness (QED) is 0.102. The molecule has 1 aromatic carbocycles. The molecule has 5 N–H and O–H groups in total. The molecular formula is C32H46F4N2O9. The van der Waals surface area contributed by atoms with E-state index in [1.807, 2.05) is 0 Å². The van der Waals surface area contributed by atoms with Crippen molar-refractivity contribution >= 4 is 17.8 Å². The van der Waals surface area contributed by atoms with E-state index in [4.69, 9.17) is 4.74 Å². The molecule has 0 saturated carbocycles. The lowest BCUT2D eigenvalue weighted by molar-refractivity contribution is -0.193. The van der Waals surface area contributed by atoms with Crippen molar-refractivity contribution in [1.82, 2.24) is 9.80 Å². The Morgan fingerprint density at radius 2 is 1.34 bits per heavy atom. The second kappa shape index (κ2) is 14.4. The van der Waals surface area contributed by atoms with E-state index in [9.17, 15) is 57.5 Å². The number of hydrogen-bond donors (Lipinski definition) is 5. The van der Waals surface area contributed by atoms with Crippen LogP contribution < -0.4 is 0 Å². The van der Waals surface area contributed by atoms with E-state index in [0.717, 1.165) is 0 Å². The Labute approximate surface area is 271 Å². The standard InChI is InChI=1S/C32H46F4N2O9/c1-8-18-32(7,46)27(41)17(5)37(13-14(2)12-31(6,45)26(40)15(3)25(39)16(4)30(44)47-18)10-9-11-38-28(42)19-20(29(38)43)22(34)24(36)23(35)21(19)33/h14-18,25-27,39-41,45-46H,8-13H2,1-7H3/t14-,15+,16-,17-,18-,25+,26-,27-,31-,32-/m1/s1. The molecule has 3 rings (SSSR count). The maximum Gasteiger partial charge on any atom is 0.311 e. The van der Waals surface area contributed by atoms with Crippen molar-refractivity contribution in [2.45, 2.75) is 109 Å². The third-order valence-electron chi connectivity index (χ3n) is 9.79. The normalized spacial score (nSPS) is 36.6. The molecule has 2 aliphatic rings. The number of rotatable bonds is 5. The van der Waals surface area contributed by atoms with E-state index >= 15 is 0 Å². The highest BCUT2D eigenvalue weighted by Crippen LogP contribution is 2.34. The average molecular weight is 679 g/mol. The maximum absolute atomic E-state index is 14.4. The number of nitrogens with zero attached hydrogens (tertiary/aromatic N) is 2. The summed E-state index contributed by atoms with van der Waals surface area (Å²) < 4.78 is 62.0. The zero-order chi connectivity index (χ0) is 35.9. The fourth-order valence-electron chi connectivity index (χ4n) is 6.87. The summed E-state index contributed by atoms with van der Waals surface area (Å²) in [6, 6.07) is -0.901. The Morgan fingerprint density at radius 1 is 0.830 bits per heavy atom. The van der Waals surface area contributed by atoms with Gasteiger partial charge in [0.1, 0.15) is 17.8 Å². The molecule has 47 heavy (non-hydrogen) atoms. The number of ether oxygens (including phenoxy) is 1. The zero-order valence-corrected chi connectivity index (χ0v) is 27.6. The number of imide groups is 1. The summed E-state index contributed by atoms with van der Waals surface area (Å²) in [5, 5.41) is 56.1. The molecule has 2 amide bonds. The Balaban J connectivity index is 1.92. The van der Waals surface area contributed by atoms with E-state index in [-0.39, 0.29) is 32.4 Å².